The van der Waals surface area contributed by atoms with Crippen LogP contribution in [-0.4, -0.2) is 52.5 Å². The minimum atomic E-state index is -3.34. The predicted molar refractivity (Wildman–Crippen MR) is 127 cm³/mol. The van der Waals surface area contributed by atoms with E-state index in [1.165, 1.54) is 28.8 Å². The highest BCUT2D eigenvalue weighted by Crippen LogP contribution is 2.19. The van der Waals surface area contributed by atoms with E-state index in [4.69, 9.17) is 4.74 Å². The minimum absolute atomic E-state index is 0.119. The molecule has 1 N–H and O–H groups in total. The molecule has 0 aliphatic heterocycles. The summed E-state index contributed by atoms with van der Waals surface area (Å²) in [5.74, 6) is 0.203. The summed E-state index contributed by atoms with van der Waals surface area (Å²) in [6, 6.07) is 15.5. The first kappa shape index (κ1) is 24.3. The average molecular weight is 498 g/mol. The number of halogens is 1. The van der Waals surface area contributed by atoms with Gasteiger partial charge in [-0.3, -0.25) is 4.79 Å². The van der Waals surface area contributed by atoms with Crippen molar-refractivity contribution in [2.75, 3.05) is 13.2 Å². The molecular weight excluding hydrogens is 473 g/mol. The number of nitrogens with zero attached hydrogens (tertiary/aromatic N) is 4. The topological polar surface area (TPSA) is 116 Å². The molecule has 0 aliphatic carbocycles. The van der Waals surface area contributed by atoms with Crippen LogP contribution in [0.1, 0.15) is 19.4 Å². The summed E-state index contributed by atoms with van der Waals surface area (Å²) in [4.78, 5) is 12.5. The highest BCUT2D eigenvalue weighted by molar-refractivity contribution is 7.92. The Labute approximate surface area is 201 Å². The monoisotopic (exact) mass is 497 g/mol. The fraction of sp³-hybridized carbons (Fsp3) is 0.250. The van der Waals surface area contributed by atoms with Crippen LogP contribution < -0.4 is 10.1 Å². The highest BCUT2D eigenvalue weighted by Gasteiger charge is 2.19. The lowest BCUT2D eigenvalue weighted by molar-refractivity contribution is -0.120. The lowest BCUT2D eigenvalue weighted by Crippen LogP contribution is -2.29. The van der Waals surface area contributed by atoms with Crippen molar-refractivity contribution in [3.63, 3.8) is 0 Å². The van der Waals surface area contributed by atoms with Gasteiger partial charge in [-0.2, -0.15) is 4.52 Å². The van der Waals surface area contributed by atoms with Crippen molar-refractivity contribution in [2.45, 2.75) is 30.4 Å². The first-order chi connectivity index (χ1) is 16.7. The quantitative estimate of drug-likeness (QED) is 0.354. The van der Waals surface area contributed by atoms with E-state index >= 15 is 0 Å². The molecule has 0 saturated carbocycles. The number of hydrogen-bond acceptors (Lipinski definition) is 7. The summed E-state index contributed by atoms with van der Waals surface area (Å²) >= 11 is 0. The van der Waals surface area contributed by atoms with Gasteiger partial charge in [-0.05, 0) is 61.9 Å². The molecule has 0 unspecified atom stereocenters. The van der Waals surface area contributed by atoms with Gasteiger partial charge in [0, 0.05) is 11.6 Å². The summed E-state index contributed by atoms with van der Waals surface area (Å²) in [7, 11) is -3.34. The minimum Gasteiger partial charge on any atom is -0.475 e. The van der Waals surface area contributed by atoms with Crippen LogP contribution in [0.25, 0.3) is 17.0 Å². The second-order valence-electron chi connectivity index (χ2n) is 8.08. The fourth-order valence-corrected chi connectivity index (χ4v) is 4.35. The first-order valence-electron chi connectivity index (χ1n) is 10.9. The normalized spacial score (nSPS) is 11.7. The van der Waals surface area contributed by atoms with Crippen LogP contribution in [-0.2, 0) is 21.1 Å². The Balaban J connectivity index is 1.30. The molecule has 2 aromatic heterocycles. The second kappa shape index (κ2) is 10.2. The summed E-state index contributed by atoms with van der Waals surface area (Å²) in [6.07, 6.45) is 0.119. The summed E-state index contributed by atoms with van der Waals surface area (Å²) < 4.78 is 44.8. The van der Waals surface area contributed by atoms with E-state index in [0.717, 1.165) is 0 Å². The number of ether oxygens (including phenoxy) is 1. The van der Waals surface area contributed by atoms with Gasteiger partial charge < -0.3 is 10.1 Å². The van der Waals surface area contributed by atoms with Crippen molar-refractivity contribution in [1.29, 1.82) is 0 Å². The third-order valence-electron chi connectivity index (χ3n) is 5.25. The lowest BCUT2D eigenvalue weighted by atomic mass is 10.1. The van der Waals surface area contributed by atoms with Gasteiger partial charge in [0.15, 0.2) is 21.3 Å². The molecule has 0 spiro atoms. The molecule has 182 valence electrons. The number of benzene rings is 2. The van der Waals surface area contributed by atoms with Crippen molar-refractivity contribution < 1.29 is 22.3 Å². The Hall–Kier alpha value is -3.86. The molecule has 0 saturated heterocycles. The van der Waals surface area contributed by atoms with Crippen LogP contribution in [0.15, 0.2) is 65.6 Å². The lowest BCUT2D eigenvalue weighted by Gasteiger charge is -2.09. The summed E-state index contributed by atoms with van der Waals surface area (Å²) in [5, 5.41) is 14.8. The largest absolute Gasteiger partial charge is 0.475 e. The maximum absolute atomic E-state index is 13.2. The van der Waals surface area contributed by atoms with Crippen molar-refractivity contribution in [3.8, 4) is 17.3 Å². The zero-order valence-electron chi connectivity index (χ0n) is 19.2. The van der Waals surface area contributed by atoms with Crippen LogP contribution in [0.2, 0.25) is 0 Å². The van der Waals surface area contributed by atoms with E-state index in [-0.39, 0.29) is 36.2 Å². The third-order valence-corrected chi connectivity index (χ3v) is 7.42. The highest BCUT2D eigenvalue weighted by atomic mass is 32.2. The average Bonchev–Trinajstić information content (AvgIpc) is 3.26. The number of nitrogens with one attached hydrogen (secondary N) is 1. The molecule has 0 bridgehead atoms. The zero-order chi connectivity index (χ0) is 25.0. The molecule has 2 heterocycles. The molecule has 1 amide bonds. The smallest absolute Gasteiger partial charge is 0.231 e. The molecule has 9 nitrogen and oxygen atoms in total. The SMILES string of the molecule is CC(C)S(=O)(=O)c1ccc(CC(=O)NCCOc2ccc3nnc(-c4ccc(F)cc4)n3n2)cc1. The third kappa shape index (κ3) is 5.62. The van der Waals surface area contributed by atoms with E-state index in [1.54, 1.807) is 50.2 Å². The zero-order valence-corrected chi connectivity index (χ0v) is 20.0. The predicted octanol–water partition coefficient (Wildman–Crippen LogP) is 2.85. The van der Waals surface area contributed by atoms with Crippen LogP contribution in [0.3, 0.4) is 0 Å². The van der Waals surface area contributed by atoms with Crippen molar-refractivity contribution in [1.82, 2.24) is 25.1 Å². The van der Waals surface area contributed by atoms with Crippen LogP contribution in [0.4, 0.5) is 4.39 Å². The Kier molecular flexibility index (Phi) is 7.06. The molecule has 0 fully saturated rings. The summed E-state index contributed by atoms with van der Waals surface area (Å²) in [5.41, 5.74) is 1.88. The molecule has 11 heteroatoms. The number of carbonyl (C=O) groups is 1. The number of rotatable bonds is 9. The van der Waals surface area contributed by atoms with E-state index in [2.05, 4.69) is 20.6 Å². The van der Waals surface area contributed by atoms with Crippen molar-refractivity contribution >= 4 is 21.4 Å². The molecule has 35 heavy (non-hydrogen) atoms. The standard InChI is InChI=1S/C24H24FN5O4S/c1-16(2)35(32,33)20-9-3-17(4-10-20)15-22(31)26-13-14-34-23-12-11-21-27-28-24(30(21)29-23)18-5-7-19(25)8-6-18/h3-12,16H,13-15H2,1-2H3,(H,26,31). The van der Waals surface area contributed by atoms with Crippen LogP contribution >= 0.6 is 0 Å². The van der Waals surface area contributed by atoms with Gasteiger partial charge in [0.1, 0.15) is 12.4 Å². The van der Waals surface area contributed by atoms with Gasteiger partial charge in [0.25, 0.3) is 0 Å². The van der Waals surface area contributed by atoms with Gasteiger partial charge in [-0.15, -0.1) is 15.3 Å². The molecule has 4 rings (SSSR count). The van der Waals surface area contributed by atoms with E-state index in [1.807, 2.05) is 0 Å². The van der Waals surface area contributed by atoms with Crippen molar-refractivity contribution in [3.05, 3.63) is 72.0 Å². The molecule has 0 atom stereocenters. The van der Waals surface area contributed by atoms with Gasteiger partial charge in [0.2, 0.25) is 11.8 Å². The van der Waals surface area contributed by atoms with Gasteiger partial charge in [0.05, 0.1) is 23.1 Å². The molecule has 4 aromatic rings. The van der Waals surface area contributed by atoms with Crippen LogP contribution in [0, 0.1) is 5.82 Å². The van der Waals surface area contributed by atoms with E-state index in [9.17, 15) is 17.6 Å². The summed E-state index contributed by atoms with van der Waals surface area (Å²) in [6.45, 7) is 3.70. The Bertz CT molecular complexity index is 1440. The van der Waals surface area contributed by atoms with Gasteiger partial charge in [-0.1, -0.05) is 12.1 Å². The molecule has 2 aromatic carbocycles. The van der Waals surface area contributed by atoms with E-state index in [0.29, 0.717) is 28.5 Å². The number of fused-ring (bicyclic) bond motifs is 1. The van der Waals surface area contributed by atoms with Gasteiger partial charge in [-0.25, -0.2) is 12.8 Å². The molecule has 0 aliphatic rings. The first-order valence-corrected chi connectivity index (χ1v) is 12.5. The van der Waals surface area contributed by atoms with Crippen molar-refractivity contribution in [2.24, 2.45) is 0 Å². The Morgan fingerprint density at radius 2 is 1.74 bits per heavy atom. The van der Waals surface area contributed by atoms with Crippen LogP contribution in [0.5, 0.6) is 5.88 Å². The Morgan fingerprint density at radius 1 is 1.03 bits per heavy atom. The maximum Gasteiger partial charge on any atom is 0.231 e. The fourth-order valence-electron chi connectivity index (χ4n) is 3.29. The van der Waals surface area contributed by atoms with Gasteiger partial charge >= 0.3 is 0 Å². The molecular formula is C24H24FN5O4S. The number of amides is 1. The Morgan fingerprint density at radius 3 is 2.43 bits per heavy atom. The number of sulfone groups is 1. The molecule has 0 radical (unpaired) electrons. The number of carbonyl (C=O) groups excluding carboxylic acids is 1. The number of aromatic nitrogens is 4. The second-order valence-corrected chi connectivity index (χ2v) is 10.6. The number of hydrogen-bond donors (Lipinski definition) is 1. The maximum atomic E-state index is 13.2. The van der Waals surface area contributed by atoms with E-state index < -0.39 is 15.1 Å².